The van der Waals surface area contributed by atoms with Crippen LogP contribution in [0.2, 0.25) is 0 Å². The maximum Gasteiger partial charge on any atom is 0.356 e. The molecule has 0 fully saturated rings. The van der Waals surface area contributed by atoms with Gasteiger partial charge in [-0.25, -0.2) is 9.59 Å². The van der Waals surface area contributed by atoms with E-state index in [0.29, 0.717) is 19.6 Å². The predicted molar refractivity (Wildman–Crippen MR) is 89.0 cm³/mol. The Kier molecular flexibility index (Phi) is 4.24. The monoisotopic (exact) mass is 328 g/mol. The van der Waals surface area contributed by atoms with Gasteiger partial charge in [0.05, 0.1) is 24.8 Å². The third-order valence-corrected chi connectivity index (χ3v) is 4.24. The van der Waals surface area contributed by atoms with Crippen LogP contribution in [-0.2, 0) is 13.1 Å². The smallest absolute Gasteiger partial charge is 0.356 e. The van der Waals surface area contributed by atoms with Crippen molar-refractivity contribution in [2.24, 2.45) is 0 Å². The molecule has 0 bridgehead atoms. The lowest BCUT2D eigenvalue weighted by atomic mass is 10.2. The zero-order chi connectivity index (χ0) is 17.3. The van der Waals surface area contributed by atoms with E-state index in [4.69, 9.17) is 5.11 Å². The van der Waals surface area contributed by atoms with Crippen molar-refractivity contribution in [2.75, 3.05) is 11.4 Å². The summed E-state index contributed by atoms with van der Waals surface area (Å²) in [5.41, 5.74) is 1.60. The third-order valence-electron chi connectivity index (χ3n) is 4.24. The molecule has 2 aromatic rings. The molecule has 24 heavy (non-hydrogen) atoms. The predicted octanol–water partition coefficient (Wildman–Crippen LogP) is 2.43. The Balaban J connectivity index is 1.85. The van der Waals surface area contributed by atoms with Crippen molar-refractivity contribution >= 4 is 17.7 Å². The Morgan fingerprint density at radius 3 is 2.67 bits per heavy atom. The number of nitrogens with zero attached hydrogens (tertiary/aromatic N) is 4. The lowest BCUT2D eigenvalue weighted by Gasteiger charge is -2.37. The molecule has 0 saturated heterocycles. The van der Waals surface area contributed by atoms with Crippen LogP contribution in [0.5, 0.6) is 0 Å². The van der Waals surface area contributed by atoms with Crippen LogP contribution < -0.4 is 4.90 Å². The van der Waals surface area contributed by atoms with Crippen LogP contribution >= 0.6 is 0 Å². The van der Waals surface area contributed by atoms with Gasteiger partial charge in [0.15, 0.2) is 5.69 Å². The lowest BCUT2D eigenvalue weighted by molar-refractivity contribution is 0.0688. The summed E-state index contributed by atoms with van der Waals surface area (Å²) >= 11 is 0. The van der Waals surface area contributed by atoms with Gasteiger partial charge in [-0.3, -0.25) is 9.58 Å². The summed E-state index contributed by atoms with van der Waals surface area (Å²) in [5.74, 6) is -1.05. The van der Waals surface area contributed by atoms with Crippen LogP contribution in [0, 0.1) is 0 Å². The van der Waals surface area contributed by atoms with Gasteiger partial charge < -0.3 is 10.0 Å². The number of carboxylic acids is 1. The van der Waals surface area contributed by atoms with E-state index < -0.39 is 5.97 Å². The highest BCUT2D eigenvalue weighted by Crippen LogP contribution is 2.22. The molecular formula is C17H20N4O3. The molecule has 1 aliphatic heterocycles. The average Bonchev–Trinajstić information content (AvgIpc) is 2.98. The quantitative estimate of drug-likeness (QED) is 0.938. The second kappa shape index (κ2) is 6.35. The van der Waals surface area contributed by atoms with E-state index >= 15 is 0 Å². The lowest BCUT2D eigenvalue weighted by Crippen LogP contribution is -2.51. The molecule has 1 unspecified atom stereocenters. The second-order valence-electron chi connectivity index (χ2n) is 5.85. The molecule has 126 valence electrons. The Morgan fingerprint density at radius 1 is 1.33 bits per heavy atom. The number of aromatic carboxylic acids is 1. The van der Waals surface area contributed by atoms with Crippen molar-refractivity contribution in [2.45, 2.75) is 33.0 Å². The molecule has 1 N–H and O–H groups in total. The maximum absolute atomic E-state index is 13.0. The van der Waals surface area contributed by atoms with Gasteiger partial charge in [0.2, 0.25) is 0 Å². The SMILES string of the molecule is CCN(C(=O)N1Cc2cc(C(=O)O)nn2CC1C)c1ccccc1. The standard InChI is InChI=1S/C17H20N4O3/c1-3-19(13-7-5-4-6-8-13)17(24)20-11-14-9-15(16(22)23)18-21(14)10-12(20)2/h4-9,12H,3,10-11H2,1-2H3,(H,22,23). The zero-order valence-electron chi connectivity index (χ0n) is 13.7. The molecule has 1 aliphatic rings. The van der Waals surface area contributed by atoms with Crippen LogP contribution in [-0.4, -0.2) is 44.4 Å². The minimum Gasteiger partial charge on any atom is -0.476 e. The first-order chi connectivity index (χ1) is 11.5. The topological polar surface area (TPSA) is 78.7 Å². The van der Waals surface area contributed by atoms with E-state index in [1.54, 1.807) is 14.5 Å². The molecule has 0 aliphatic carbocycles. The van der Waals surface area contributed by atoms with E-state index in [1.165, 1.54) is 6.07 Å². The highest BCUT2D eigenvalue weighted by Gasteiger charge is 2.31. The minimum atomic E-state index is -1.05. The van der Waals surface area contributed by atoms with Gasteiger partial charge in [0, 0.05) is 12.2 Å². The first-order valence-corrected chi connectivity index (χ1v) is 7.94. The highest BCUT2D eigenvalue weighted by atomic mass is 16.4. The number of hydrogen-bond donors (Lipinski definition) is 1. The number of carboxylic acid groups (broad SMARTS) is 1. The number of para-hydroxylation sites is 1. The summed E-state index contributed by atoms with van der Waals surface area (Å²) in [6.07, 6.45) is 0. The fourth-order valence-electron chi connectivity index (χ4n) is 2.97. The van der Waals surface area contributed by atoms with Gasteiger partial charge in [-0.1, -0.05) is 18.2 Å². The highest BCUT2D eigenvalue weighted by molar-refractivity contribution is 5.92. The molecule has 1 aromatic heterocycles. The van der Waals surface area contributed by atoms with Crippen molar-refractivity contribution in [1.29, 1.82) is 0 Å². The molecule has 7 heteroatoms. The Bertz CT molecular complexity index is 756. The van der Waals surface area contributed by atoms with Gasteiger partial charge in [0.25, 0.3) is 0 Å². The van der Waals surface area contributed by atoms with Gasteiger partial charge >= 0.3 is 12.0 Å². The Hall–Kier alpha value is -2.83. The van der Waals surface area contributed by atoms with E-state index in [1.807, 2.05) is 44.2 Å². The third kappa shape index (κ3) is 2.84. The normalized spacial score (nSPS) is 16.6. The largest absolute Gasteiger partial charge is 0.476 e. The maximum atomic E-state index is 13.0. The van der Waals surface area contributed by atoms with Crippen molar-refractivity contribution < 1.29 is 14.7 Å². The molecule has 2 heterocycles. The molecule has 0 spiro atoms. The van der Waals surface area contributed by atoms with Crippen LogP contribution in [0.25, 0.3) is 0 Å². The minimum absolute atomic E-state index is 0.0157. The molecule has 1 atom stereocenters. The molecule has 0 radical (unpaired) electrons. The number of carbonyl (C=O) groups excluding carboxylic acids is 1. The second-order valence-corrected chi connectivity index (χ2v) is 5.85. The number of carbonyl (C=O) groups is 2. The van der Waals surface area contributed by atoms with Gasteiger partial charge in [-0.2, -0.15) is 5.10 Å². The number of hydrogen-bond acceptors (Lipinski definition) is 3. The van der Waals surface area contributed by atoms with Gasteiger partial charge in [0.1, 0.15) is 0 Å². The molecular weight excluding hydrogens is 308 g/mol. The summed E-state index contributed by atoms with van der Waals surface area (Å²) in [6.45, 7) is 5.28. The van der Waals surface area contributed by atoms with E-state index in [9.17, 15) is 9.59 Å². The number of aromatic nitrogens is 2. The van der Waals surface area contributed by atoms with Crippen molar-refractivity contribution in [3.63, 3.8) is 0 Å². The zero-order valence-corrected chi connectivity index (χ0v) is 13.7. The summed E-state index contributed by atoms with van der Waals surface area (Å²) in [4.78, 5) is 27.6. The van der Waals surface area contributed by atoms with Gasteiger partial charge in [-0.05, 0) is 32.0 Å². The summed E-state index contributed by atoms with van der Waals surface area (Å²) in [7, 11) is 0. The summed E-state index contributed by atoms with van der Waals surface area (Å²) in [6, 6.07) is 10.9. The average molecular weight is 328 g/mol. The Morgan fingerprint density at radius 2 is 2.04 bits per heavy atom. The first kappa shape index (κ1) is 16.0. The van der Waals surface area contributed by atoms with Crippen LogP contribution in [0.3, 0.4) is 0 Å². The van der Waals surface area contributed by atoms with Crippen LogP contribution in [0.15, 0.2) is 36.4 Å². The number of amides is 2. The van der Waals surface area contributed by atoms with Gasteiger partial charge in [-0.15, -0.1) is 0 Å². The summed E-state index contributed by atoms with van der Waals surface area (Å²) in [5, 5.41) is 13.2. The van der Waals surface area contributed by atoms with Crippen molar-refractivity contribution in [3.05, 3.63) is 47.8 Å². The number of urea groups is 1. The van der Waals surface area contributed by atoms with E-state index in [0.717, 1.165) is 11.4 Å². The number of benzene rings is 1. The van der Waals surface area contributed by atoms with E-state index in [2.05, 4.69) is 5.10 Å². The molecule has 3 rings (SSSR count). The van der Waals surface area contributed by atoms with E-state index in [-0.39, 0.29) is 17.8 Å². The number of fused-ring (bicyclic) bond motifs is 1. The fourth-order valence-corrected chi connectivity index (χ4v) is 2.97. The fraction of sp³-hybridized carbons (Fsp3) is 0.353. The van der Waals surface area contributed by atoms with Crippen LogP contribution in [0.4, 0.5) is 10.5 Å². The number of rotatable bonds is 3. The Labute approximate surface area is 140 Å². The van der Waals surface area contributed by atoms with Crippen molar-refractivity contribution in [3.8, 4) is 0 Å². The summed E-state index contributed by atoms with van der Waals surface area (Å²) < 4.78 is 1.68. The molecule has 7 nitrogen and oxygen atoms in total. The molecule has 1 aromatic carbocycles. The molecule has 0 saturated carbocycles. The first-order valence-electron chi connectivity index (χ1n) is 7.94. The van der Waals surface area contributed by atoms with Crippen molar-refractivity contribution in [1.82, 2.24) is 14.7 Å². The number of anilines is 1. The molecule has 2 amide bonds. The van der Waals surface area contributed by atoms with Crippen LogP contribution in [0.1, 0.15) is 30.0 Å².